The van der Waals surface area contributed by atoms with Gasteiger partial charge in [-0.25, -0.2) is 4.98 Å². The summed E-state index contributed by atoms with van der Waals surface area (Å²) in [5, 5.41) is 3.06. The summed E-state index contributed by atoms with van der Waals surface area (Å²) in [6.45, 7) is 2.11. The van der Waals surface area contributed by atoms with Crippen LogP contribution in [-0.4, -0.2) is 10.9 Å². The lowest BCUT2D eigenvalue weighted by Crippen LogP contribution is -2.29. The summed E-state index contributed by atoms with van der Waals surface area (Å²) in [7, 11) is 0. The zero-order valence-electron chi connectivity index (χ0n) is 11.3. The first-order valence-corrected chi connectivity index (χ1v) is 7.48. The maximum Gasteiger partial charge on any atom is 0.270 e. The Morgan fingerprint density at radius 2 is 1.95 bits per heavy atom. The Labute approximate surface area is 127 Å². The zero-order valence-corrected chi connectivity index (χ0v) is 12.9. The van der Waals surface area contributed by atoms with E-state index in [-0.39, 0.29) is 11.9 Å². The standard InChI is InChI=1S/C16H17BrN2O/c1-2-7-13(12-8-4-3-5-9-12)19-16(20)14-10-6-11-15(17)18-14/h3-6,8-11,13H,2,7H2,1H3,(H,19,20). The van der Waals surface area contributed by atoms with Gasteiger partial charge in [0.25, 0.3) is 5.91 Å². The van der Waals surface area contributed by atoms with E-state index in [1.165, 1.54) is 0 Å². The van der Waals surface area contributed by atoms with E-state index in [9.17, 15) is 4.79 Å². The van der Waals surface area contributed by atoms with Crippen LogP contribution in [0.5, 0.6) is 0 Å². The number of halogens is 1. The third-order valence-corrected chi connectivity index (χ3v) is 3.47. The number of amides is 1. The molecule has 1 unspecified atom stereocenters. The summed E-state index contributed by atoms with van der Waals surface area (Å²) < 4.78 is 0.664. The molecule has 1 aromatic heterocycles. The van der Waals surface area contributed by atoms with Crippen molar-refractivity contribution in [2.24, 2.45) is 0 Å². The highest BCUT2D eigenvalue weighted by atomic mass is 79.9. The molecule has 20 heavy (non-hydrogen) atoms. The minimum absolute atomic E-state index is 0.0227. The number of nitrogens with zero attached hydrogens (tertiary/aromatic N) is 1. The number of benzene rings is 1. The van der Waals surface area contributed by atoms with Crippen molar-refractivity contribution >= 4 is 21.8 Å². The minimum Gasteiger partial charge on any atom is -0.344 e. The van der Waals surface area contributed by atoms with E-state index in [4.69, 9.17) is 0 Å². The molecule has 0 fully saturated rings. The smallest absolute Gasteiger partial charge is 0.270 e. The van der Waals surface area contributed by atoms with E-state index in [0.29, 0.717) is 10.3 Å². The second kappa shape index (κ2) is 7.20. The van der Waals surface area contributed by atoms with Crippen LogP contribution < -0.4 is 5.32 Å². The van der Waals surface area contributed by atoms with Gasteiger partial charge >= 0.3 is 0 Å². The van der Waals surface area contributed by atoms with Crippen LogP contribution in [0.2, 0.25) is 0 Å². The van der Waals surface area contributed by atoms with Crippen LogP contribution in [0.25, 0.3) is 0 Å². The Morgan fingerprint density at radius 3 is 2.60 bits per heavy atom. The molecule has 0 saturated carbocycles. The van der Waals surface area contributed by atoms with Crippen molar-refractivity contribution in [2.45, 2.75) is 25.8 Å². The molecule has 2 rings (SSSR count). The lowest BCUT2D eigenvalue weighted by Gasteiger charge is -2.18. The number of rotatable bonds is 5. The van der Waals surface area contributed by atoms with Gasteiger partial charge < -0.3 is 5.32 Å². The molecule has 0 aliphatic rings. The summed E-state index contributed by atoms with van der Waals surface area (Å²) in [6, 6.07) is 15.4. The Hall–Kier alpha value is -1.68. The molecule has 1 N–H and O–H groups in total. The zero-order chi connectivity index (χ0) is 14.4. The first kappa shape index (κ1) is 14.7. The number of carbonyl (C=O) groups excluding carboxylic acids is 1. The van der Waals surface area contributed by atoms with Crippen molar-refractivity contribution in [3.8, 4) is 0 Å². The molecule has 1 heterocycles. The van der Waals surface area contributed by atoms with Gasteiger partial charge in [0.2, 0.25) is 0 Å². The molecule has 1 aromatic carbocycles. The molecule has 2 aromatic rings. The summed E-state index contributed by atoms with van der Waals surface area (Å²) in [5.74, 6) is -0.145. The molecule has 0 bridgehead atoms. The van der Waals surface area contributed by atoms with Gasteiger partial charge in [-0.15, -0.1) is 0 Å². The average Bonchev–Trinajstić information content (AvgIpc) is 2.47. The SMILES string of the molecule is CCCC(NC(=O)c1cccc(Br)n1)c1ccccc1. The van der Waals surface area contributed by atoms with Gasteiger partial charge in [0, 0.05) is 0 Å². The fourth-order valence-corrected chi connectivity index (χ4v) is 2.41. The highest BCUT2D eigenvalue weighted by Gasteiger charge is 2.15. The molecule has 0 aliphatic carbocycles. The fourth-order valence-electron chi connectivity index (χ4n) is 2.06. The monoisotopic (exact) mass is 332 g/mol. The lowest BCUT2D eigenvalue weighted by molar-refractivity contribution is 0.0929. The average molecular weight is 333 g/mol. The number of nitrogens with one attached hydrogen (secondary N) is 1. The third-order valence-electron chi connectivity index (χ3n) is 3.03. The second-order valence-corrected chi connectivity index (χ2v) is 5.38. The van der Waals surface area contributed by atoms with Gasteiger partial charge in [-0.05, 0) is 40.0 Å². The number of hydrogen-bond acceptors (Lipinski definition) is 2. The minimum atomic E-state index is -0.145. The predicted octanol–water partition coefficient (Wildman–Crippen LogP) is 4.12. The molecule has 1 amide bonds. The molecule has 3 nitrogen and oxygen atoms in total. The van der Waals surface area contributed by atoms with E-state index in [1.54, 1.807) is 12.1 Å². The van der Waals surface area contributed by atoms with E-state index >= 15 is 0 Å². The Bertz CT molecular complexity index is 572. The summed E-state index contributed by atoms with van der Waals surface area (Å²) in [6.07, 6.45) is 1.91. The van der Waals surface area contributed by atoms with Crippen LogP contribution in [0.4, 0.5) is 0 Å². The number of pyridine rings is 1. The third kappa shape index (κ3) is 3.90. The molecule has 0 saturated heterocycles. The lowest BCUT2D eigenvalue weighted by atomic mass is 10.0. The molecule has 4 heteroatoms. The summed E-state index contributed by atoms with van der Waals surface area (Å²) in [4.78, 5) is 16.4. The van der Waals surface area contributed by atoms with Gasteiger partial charge in [0.15, 0.2) is 0 Å². The van der Waals surface area contributed by atoms with E-state index in [1.807, 2.05) is 36.4 Å². The Balaban J connectivity index is 2.14. The second-order valence-electron chi connectivity index (χ2n) is 4.57. The van der Waals surface area contributed by atoms with Gasteiger partial charge in [0.1, 0.15) is 10.3 Å². The van der Waals surface area contributed by atoms with Gasteiger partial charge in [0.05, 0.1) is 6.04 Å². The summed E-state index contributed by atoms with van der Waals surface area (Å²) in [5.41, 5.74) is 1.55. The van der Waals surface area contributed by atoms with Gasteiger partial charge in [-0.2, -0.15) is 0 Å². The van der Waals surface area contributed by atoms with Crippen molar-refractivity contribution in [2.75, 3.05) is 0 Å². The predicted molar refractivity (Wildman–Crippen MR) is 83.5 cm³/mol. The first-order chi connectivity index (χ1) is 9.70. The van der Waals surface area contributed by atoms with Gasteiger partial charge in [-0.3, -0.25) is 4.79 Å². The number of carbonyl (C=O) groups is 1. The first-order valence-electron chi connectivity index (χ1n) is 6.69. The number of hydrogen-bond donors (Lipinski definition) is 1. The quantitative estimate of drug-likeness (QED) is 0.837. The number of aromatic nitrogens is 1. The van der Waals surface area contributed by atoms with Crippen LogP contribution in [-0.2, 0) is 0 Å². The topological polar surface area (TPSA) is 42.0 Å². The van der Waals surface area contributed by atoms with Crippen molar-refractivity contribution < 1.29 is 4.79 Å². The van der Waals surface area contributed by atoms with Crippen LogP contribution in [0.15, 0.2) is 53.1 Å². The molecule has 0 spiro atoms. The highest BCUT2D eigenvalue weighted by Crippen LogP contribution is 2.18. The van der Waals surface area contributed by atoms with Crippen LogP contribution in [0, 0.1) is 0 Å². The van der Waals surface area contributed by atoms with Crippen LogP contribution in [0.1, 0.15) is 41.9 Å². The fraction of sp³-hybridized carbons (Fsp3) is 0.250. The normalized spacial score (nSPS) is 11.9. The van der Waals surface area contributed by atoms with E-state index < -0.39 is 0 Å². The largest absolute Gasteiger partial charge is 0.344 e. The van der Waals surface area contributed by atoms with Gasteiger partial charge in [-0.1, -0.05) is 49.7 Å². The van der Waals surface area contributed by atoms with E-state index in [0.717, 1.165) is 18.4 Å². The van der Waals surface area contributed by atoms with Crippen LogP contribution in [0.3, 0.4) is 0 Å². The molecule has 104 valence electrons. The molecule has 0 aliphatic heterocycles. The Morgan fingerprint density at radius 1 is 1.20 bits per heavy atom. The van der Waals surface area contributed by atoms with Crippen molar-refractivity contribution in [1.29, 1.82) is 0 Å². The maximum atomic E-state index is 12.3. The van der Waals surface area contributed by atoms with Crippen molar-refractivity contribution in [3.63, 3.8) is 0 Å². The molecular weight excluding hydrogens is 316 g/mol. The highest BCUT2D eigenvalue weighted by molar-refractivity contribution is 9.10. The van der Waals surface area contributed by atoms with Crippen molar-refractivity contribution in [1.82, 2.24) is 10.3 Å². The van der Waals surface area contributed by atoms with E-state index in [2.05, 4.69) is 33.2 Å². The van der Waals surface area contributed by atoms with Crippen molar-refractivity contribution in [3.05, 3.63) is 64.4 Å². The summed E-state index contributed by atoms with van der Waals surface area (Å²) >= 11 is 3.28. The van der Waals surface area contributed by atoms with Crippen LogP contribution >= 0.6 is 15.9 Å². The molecule has 1 atom stereocenters. The molecular formula is C16H17BrN2O. The Kier molecular flexibility index (Phi) is 5.30. The maximum absolute atomic E-state index is 12.3. The molecule has 0 radical (unpaired) electrons.